The van der Waals surface area contributed by atoms with Crippen LogP contribution in [0, 0.1) is 0 Å². The molecule has 3 aromatic carbocycles. The Balaban J connectivity index is 1.69. The van der Waals surface area contributed by atoms with E-state index in [1.54, 1.807) is 49.4 Å². The lowest BCUT2D eigenvalue weighted by molar-refractivity contribution is -0.136. The molecule has 0 fully saturated rings. The monoisotopic (exact) mass is 503 g/mol. The lowest BCUT2D eigenvalue weighted by Gasteiger charge is -2.10. The summed E-state index contributed by atoms with van der Waals surface area (Å²) in [4.78, 5) is 36.7. The summed E-state index contributed by atoms with van der Waals surface area (Å²) in [6.07, 6.45) is 0. The van der Waals surface area contributed by atoms with Crippen LogP contribution in [0.1, 0.15) is 22.8 Å². The Hall–Kier alpha value is -3.39. The molecular weight excluding hydrogens is 489 g/mol. The van der Waals surface area contributed by atoms with E-state index in [1.807, 2.05) is 0 Å². The molecule has 0 bridgehead atoms. The molecule has 0 saturated carbocycles. The Kier molecular flexibility index (Phi) is 8.06. The number of amides is 2. The molecule has 0 spiro atoms. The number of halogens is 3. The van der Waals surface area contributed by atoms with E-state index in [0.717, 1.165) is 0 Å². The number of anilines is 1. The van der Waals surface area contributed by atoms with Crippen molar-refractivity contribution in [1.29, 1.82) is 0 Å². The van der Waals surface area contributed by atoms with Crippen LogP contribution in [0.3, 0.4) is 0 Å². The molecule has 0 aromatic heterocycles. The highest BCUT2D eigenvalue weighted by Crippen LogP contribution is 2.23. The number of nitrogens with zero attached hydrogens (tertiary/aromatic N) is 1. The second-order valence-electron chi connectivity index (χ2n) is 6.65. The molecule has 0 aliphatic heterocycles. The van der Waals surface area contributed by atoms with Crippen molar-refractivity contribution in [3.8, 4) is 5.75 Å². The second-order valence-corrected chi connectivity index (χ2v) is 7.96. The van der Waals surface area contributed by atoms with Gasteiger partial charge in [-0.15, -0.1) is 0 Å². The van der Waals surface area contributed by atoms with Gasteiger partial charge in [0.15, 0.2) is 0 Å². The fraction of sp³-hybridized carbons (Fsp3) is 0.0435. The molecule has 168 valence electrons. The summed E-state index contributed by atoms with van der Waals surface area (Å²) in [6, 6.07) is 17.3. The summed E-state index contributed by atoms with van der Waals surface area (Å²) in [5.41, 5.74) is 3.44. The average molecular weight is 505 g/mol. The summed E-state index contributed by atoms with van der Waals surface area (Å²) in [5, 5.41) is 7.32. The third-order valence-corrected chi connectivity index (χ3v) is 4.86. The van der Waals surface area contributed by atoms with Crippen LogP contribution in [0.15, 0.2) is 71.8 Å². The van der Waals surface area contributed by atoms with Gasteiger partial charge in [0.25, 0.3) is 0 Å². The first-order chi connectivity index (χ1) is 15.7. The molecule has 0 radical (unpaired) electrons. The molecule has 0 saturated heterocycles. The van der Waals surface area contributed by atoms with Gasteiger partial charge < -0.3 is 10.1 Å². The maximum atomic E-state index is 12.5. The predicted molar refractivity (Wildman–Crippen MR) is 128 cm³/mol. The number of esters is 1. The van der Waals surface area contributed by atoms with Gasteiger partial charge in [-0.2, -0.15) is 5.10 Å². The SMILES string of the molecule is C/C(=N\NC(=O)C(=O)Nc1cc(Cl)cc(Cl)c1)c1ccccc1OC(=O)c1cccc(Cl)c1. The number of benzene rings is 3. The van der Waals surface area contributed by atoms with Crippen molar-refractivity contribution in [3.05, 3.63) is 92.9 Å². The number of hydrogen-bond donors (Lipinski definition) is 2. The summed E-state index contributed by atoms with van der Waals surface area (Å²) in [5.74, 6) is -2.37. The van der Waals surface area contributed by atoms with Crippen LogP contribution in [0.4, 0.5) is 5.69 Å². The largest absolute Gasteiger partial charge is 0.422 e. The van der Waals surface area contributed by atoms with Crippen molar-refractivity contribution >= 4 is 64.0 Å². The van der Waals surface area contributed by atoms with Gasteiger partial charge >= 0.3 is 17.8 Å². The molecule has 0 atom stereocenters. The third kappa shape index (κ3) is 6.79. The number of ether oxygens (including phenoxy) is 1. The summed E-state index contributed by atoms with van der Waals surface area (Å²) >= 11 is 17.7. The highest BCUT2D eigenvalue weighted by molar-refractivity contribution is 6.40. The van der Waals surface area contributed by atoms with Gasteiger partial charge in [-0.25, -0.2) is 10.2 Å². The molecule has 3 rings (SSSR count). The number of hydrazone groups is 1. The standard InChI is InChI=1S/C23H16Cl3N3O4/c1-13(28-29-22(31)21(30)27-18-11-16(25)10-17(26)12-18)19-7-2-3-8-20(19)33-23(32)14-5-4-6-15(24)9-14/h2-12H,1H3,(H,27,30)(H,29,31)/b28-13+. The minimum absolute atomic E-state index is 0.219. The highest BCUT2D eigenvalue weighted by atomic mass is 35.5. The number of nitrogens with one attached hydrogen (secondary N) is 2. The molecule has 7 nitrogen and oxygen atoms in total. The molecule has 2 amide bonds. The number of carbonyl (C=O) groups is 3. The smallest absolute Gasteiger partial charge is 0.343 e. The van der Waals surface area contributed by atoms with Gasteiger partial charge in [-0.05, 0) is 55.5 Å². The van der Waals surface area contributed by atoms with E-state index in [9.17, 15) is 14.4 Å². The van der Waals surface area contributed by atoms with Gasteiger partial charge in [-0.1, -0.05) is 53.0 Å². The zero-order valence-electron chi connectivity index (χ0n) is 17.1. The van der Waals surface area contributed by atoms with Gasteiger partial charge in [-0.3, -0.25) is 9.59 Å². The quantitative estimate of drug-likeness (QED) is 0.161. The fourth-order valence-corrected chi connectivity index (χ4v) is 3.40. The van der Waals surface area contributed by atoms with Crippen LogP contribution in [-0.4, -0.2) is 23.5 Å². The van der Waals surface area contributed by atoms with Crippen LogP contribution in [0.5, 0.6) is 5.75 Å². The van der Waals surface area contributed by atoms with Crippen molar-refractivity contribution in [2.75, 3.05) is 5.32 Å². The molecule has 0 aliphatic rings. The zero-order valence-corrected chi connectivity index (χ0v) is 19.3. The number of rotatable bonds is 5. The normalized spacial score (nSPS) is 11.0. The van der Waals surface area contributed by atoms with Crippen molar-refractivity contribution in [2.45, 2.75) is 6.92 Å². The highest BCUT2D eigenvalue weighted by Gasteiger charge is 2.16. The van der Waals surface area contributed by atoms with E-state index >= 15 is 0 Å². The number of para-hydroxylation sites is 1. The van der Waals surface area contributed by atoms with Crippen LogP contribution in [-0.2, 0) is 9.59 Å². The Morgan fingerprint density at radius 2 is 1.52 bits per heavy atom. The molecule has 0 aliphatic carbocycles. The third-order valence-electron chi connectivity index (χ3n) is 4.19. The molecule has 2 N–H and O–H groups in total. The summed E-state index contributed by atoms with van der Waals surface area (Å²) < 4.78 is 5.47. The van der Waals surface area contributed by atoms with Gasteiger partial charge in [0.05, 0.1) is 11.3 Å². The molecule has 0 unspecified atom stereocenters. The van der Waals surface area contributed by atoms with Crippen molar-refractivity contribution in [2.24, 2.45) is 5.10 Å². The minimum atomic E-state index is -1.01. The maximum Gasteiger partial charge on any atom is 0.343 e. The Morgan fingerprint density at radius 3 is 2.21 bits per heavy atom. The van der Waals surface area contributed by atoms with Crippen LogP contribution in [0.25, 0.3) is 0 Å². The van der Waals surface area contributed by atoms with E-state index in [-0.39, 0.29) is 17.0 Å². The van der Waals surface area contributed by atoms with Gasteiger partial charge in [0.2, 0.25) is 0 Å². The van der Waals surface area contributed by atoms with E-state index in [1.165, 1.54) is 24.3 Å². The number of carbonyl (C=O) groups excluding carboxylic acids is 3. The van der Waals surface area contributed by atoms with E-state index in [0.29, 0.717) is 26.3 Å². The predicted octanol–water partition coefficient (Wildman–Crippen LogP) is 5.34. The molecular formula is C23H16Cl3N3O4. The maximum absolute atomic E-state index is 12.5. The molecule has 3 aromatic rings. The summed E-state index contributed by atoms with van der Waals surface area (Å²) in [6.45, 7) is 1.58. The Bertz CT molecular complexity index is 1240. The lowest BCUT2D eigenvalue weighted by Crippen LogP contribution is -2.33. The second kappa shape index (κ2) is 11.0. The zero-order chi connectivity index (χ0) is 24.0. The number of hydrogen-bond acceptors (Lipinski definition) is 5. The van der Waals surface area contributed by atoms with Gasteiger partial charge in [0.1, 0.15) is 5.75 Å². The summed E-state index contributed by atoms with van der Waals surface area (Å²) in [7, 11) is 0. The molecule has 0 heterocycles. The first-order valence-electron chi connectivity index (χ1n) is 9.42. The topological polar surface area (TPSA) is 96.9 Å². The van der Waals surface area contributed by atoms with E-state index < -0.39 is 17.8 Å². The first-order valence-corrected chi connectivity index (χ1v) is 10.5. The van der Waals surface area contributed by atoms with Crippen molar-refractivity contribution in [3.63, 3.8) is 0 Å². The first kappa shape index (κ1) is 24.3. The van der Waals surface area contributed by atoms with E-state index in [4.69, 9.17) is 39.5 Å². The Labute approximate surface area is 204 Å². The van der Waals surface area contributed by atoms with Crippen molar-refractivity contribution < 1.29 is 19.1 Å². The minimum Gasteiger partial charge on any atom is -0.422 e. The fourth-order valence-electron chi connectivity index (χ4n) is 2.69. The molecule has 33 heavy (non-hydrogen) atoms. The van der Waals surface area contributed by atoms with Crippen molar-refractivity contribution in [1.82, 2.24) is 5.43 Å². The van der Waals surface area contributed by atoms with Gasteiger partial charge in [0, 0.05) is 26.3 Å². The average Bonchev–Trinajstić information content (AvgIpc) is 2.76. The van der Waals surface area contributed by atoms with Crippen LogP contribution in [0.2, 0.25) is 15.1 Å². The Morgan fingerprint density at radius 1 is 0.818 bits per heavy atom. The van der Waals surface area contributed by atoms with Crippen LogP contribution < -0.4 is 15.5 Å². The van der Waals surface area contributed by atoms with E-state index in [2.05, 4.69) is 15.8 Å². The molecule has 10 heteroatoms. The lowest BCUT2D eigenvalue weighted by atomic mass is 10.1. The van der Waals surface area contributed by atoms with Crippen LogP contribution >= 0.6 is 34.8 Å².